The lowest BCUT2D eigenvalue weighted by atomic mass is 9.68. The highest BCUT2D eigenvalue weighted by Gasteiger charge is 2.41. The Morgan fingerprint density at radius 1 is 0.926 bits per heavy atom. The van der Waals surface area contributed by atoms with Crippen LogP contribution in [0.1, 0.15) is 60.3 Å². The molecule has 0 aliphatic rings. The molecule has 0 radical (unpaired) electrons. The number of ketones is 2. The fourth-order valence-corrected chi connectivity index (χ4v) is 3.00. The molecule has 0 amide bonds. The zero-order chi connectivity index (χ0) is 22.0. The van der Waals surface area contributed by atoms with E-state index in [0.717, 1.165) is 0 Å². The van der Waals surface area contributed by atoms with E-state index in [1.165, 1.54) is 20.8 Å². The number of hydrogen-bond acceptors (Lipinski definition) is 6. The number of carboxylic acid groups (broad SMARTS) is 2. The third-order valence-corrected chi connectivity index (χ3v) is 5.03. The predicted octanol–water partition coefficient (Wildman–Crippen LogP) is 1.97. The minimum atomic E-state index is -1.20. The quantitative estimate of drug-likeness (QED) is 0.460. The molecule has 0 aromatic carbocycles. The second-order valence-electron chi connectivity index (χ2n) is 7.68. The van der Waals surface area contributed by atoms with Gasteiger partial charge in [-0.15, -0.1) is 0 Å². The predicted molar refractivity (Wildman–Crippen MR) is 98.2 cm³/mol. The van der Waals surface area contributed by atoms with Crippen molar-refractivity contribution in [1.82, 2.24) is 0 Å². The number of carbonyl (C=O) groups excluding carboxylic acids is 3. The molecule has 0 aromatic rings. The van der Waals surface area contributed by atoms with E-state index in [9.17, 15) is 34.5 Å². The molecule has 3 unspecified atom stereocenters. The topological polar surface area (TPSA) is 146 Å². The summed E-state index contributed by atoms with van der Waals surface area (Å²) in [6.07, 6.45) is 0.394. The minimum Gasteiger partial charge on any atom is -0.481 e. The lowest BCUT2D eigenvalue weighted by Crippen LogP contribution is -2.38. The highest BCUT2D eigenvalue weighted by molar-refractivity contribution is 5.86. The summed E-state index contributed by atoms with van der Waals surface area (Å²) in [7, 11) is 0. The Morgan fingerprint density at radius 2 is 1.37 bits per heavy atom. The molecule has 0 saturated heterocycles. The Labute approximate surface area is 160 Å². The van der Waals surface area contributed by atoms with Gasteiger partial charge in [-0.1, -0.05) is 13.8 Å². The van der Waals surface area contributed by atoms with Crippen LogP contribution in [0.25, 0.3) is 0 Å². The van der Waals surface area contributed by atoms with Crippen molar-refractivity contribution in [2.75, 3.05) is 6.61 Å². The summed E-state index contributed by atoms with van der Waals surface area (Å²) < 4.78 is 0. The highest BCUT2D eigenvalue weighted by Crippen LogP contribution is 2.39. The molecule has 8 heteroatoms. The van der Waals surface area contributed by atoms with Gasteiger partial charge in [0.25, 0.3) is 0 Å². The molecule has 0 fully saturated rings. The maximum absolute atomic E-state index is 12.2. The van der Waals surface area contributed by atoms with Gasteiger partial charge in [0.15, 0.2) is 5.78 Å². The molecule has 0 heterocycles. The Bertz CT molecular complexity index is 540. The fraction of sp³-hybridized carbons (Fsp3) is 0.737. The maximum Gasteiger partial charge on any atom is 0.309 e. The number of rotatable bonds is 12. The van der Waals surface area contributed by atoms with Gasteiger partial charge in [-0.25, -0.2) is 0 Å². The highest BCUT2D eigenvalue weighted by atomic mass is 16.4. The van der Waals surface area contributed by atoms with Gasteiger partial charge in [0.1, 0.15) is 19.2 Å². The van der Waals surface area contributed by atoms with E-state index in [0.29, 0.717) is 6.42 Å². The van der Waals surface area contributed by atoms with E-state index < -0.39 is 47.0 Å². The Kier molecular flexibility index (Phi) is 11.6. The van der Waals surface area contributed by atoms with E-state index in [1.807, 2.05) is 6.79 Å². The molecule has 3 atom stereocenters. The Balaban J connectivity index is 0. The molecule has 8 nitrogen and oxygen atoms in total. The first-order valence-electron chi connectivity index (χ1n) is 8.70. The first-order chi connectivity index (χ1) is 12.3. The number of aliphatic carboxylic acids is 2. The van der Waals surface area contributed by atoms with Gasteiger partial charge >= 0.3 is 11.9 Å². The molecule has 0 aliphatic carbocycles. The van der Waals surface area contributed by atoms with Crippen LogP contribution in [0.15, 0.2) is 0 Å². The summed E-state index contributed by atoms with van der Waals surface area (Å²) >= 11 is 0. The van der Waals surface area contributed by atoms with Crippen LogP contribution in [-0.2, 0) is 24.0 Å². The average molecular weight is 388 g/mol. The van der Waals surface area contributed by atoms with Gasteiger partial charge in [0.05, 0.1) is 11.3 Å². The number of aliphatic hydroxyl groups is 1. The van der Waals surface area contributed by atoms with E-state index in [-0.39, 0.29) is 25.0 Å². The molecule has 0 aromatic heterocycles. The summed E-state index contributed by atoms with van der Waals surface area (Å²) in [4.78, 5) is 55.0. The Morgan fingerprint density at radius 3 is 1.67 bits per heavy atom. The van der Waals surface area contributed by atoms with Crippen molar-refractivity contribution < 1.29 is 39.3 Å². The standard InChI is InChI=1S/C18H30O7.CH2O/c1-6-12(15(22)23)8-18(5,11(2)20)9-13(14(21)10-19)7-17(3,4)16(24)25;1-2/h12-13,19H,6-10H2,1-5H3,(H,22,23)(H,24,25);1H2. The van der Waals surface area contributed by atoms with Gasteiger partial charge < -0.3 is 20.1 Å². The number of carboxylic acids is 2. The first kappa shape index (κ1) is 27.1. The van der Waals surface area contributed by atoms with E-state index >= 15 is 0 Å². The van der Waals surface area contributed by atoms with Crippen LogP contribution in [0.3, 0.4) is 0 Å². The second-order valence-corrected chi connectivity index (χ2v) is 7.68. The van der Waals surface area contributed by atoms with Gasteiger partial charge in [0, 0.05) is 11.3 Å². The van der Waals surface area contributed by atoms with Crippen molar-refractivity contribution in [1.29, 1.82) is 0 Å². The van der Waals surface area contributed by atoms with E-state index in [1.54, 1.807) is 13.8 Å². The van der Waals surface area contributed by atoms with Crippen molar-refractivity contribution >= 4 is 30.3 Å². The second kappa shape index (κ2) is 11.6. The smallest absolute Gasteiger partial charge is 0.309 e. The third kappa shape index (κ3) is 8.43. The van der Waals surface area contributed by atoms with Crippen LogP contribution in [-0.4, -0.2) is 52.2 Å². The molecule has 27 heavy (non-hydrogen) atoms. The molecular weight excluding hydrogens is 356 g/mol. The van der Waals surface area contributed by atoms with Crippen molar-refractivity contribution in [3.8, 4) is 0 Å². The fourth-order valence-electron chi connectivity index (χ4n) is 3.00. The van der Waals surface area contributed by atoms with Crippen molar-refractivity contribution in [3.05, 3.63) is 0 Å². The molecule has 156 valence electrons. The van der Waals surface area contributed by atoms with E-state index in [2.05, 4.69) is 0 Å². The normalized spacial score (nSPS) is 15.5. The van der Waals surface area contributed by atoms with Gasteiger partial charge in [-0.05, 0) is 46.5 Å². The molecular formula is C19H32O8. The first-order valence-corrected chi connectivity index (χ1v) is 8.70. The largest absolute Gasteiger partial charge is 0.481 e. The lowest BCUT2D eigenvalue weighted by molar-refractivity contribution is -0.148. The zero-order valence-electron chi connectivity index (χ0n) is 16.8. The number of carbonyl (C=O) groups is 5. The van der Waals surface area contributed by atoms with Crippen LogP contribution in [0.2, 0.25) is 0 Å². The summed E-state index contributed by atoms with van der Waals surface area (Å²) in [6.45, 7) is 8.87. The molecule has 0 bridgehead atoms. The summed E-state index contributed by atoms with van der Waals surface area (Å²) in [5, 5.41) is 27.8. The molecule has 0 rings (SSSR count). The monoisotopic (exact) mass is 388 g/mol. The van der Waals surface area contributed by atoms with Crippen molar-refractivity contribution in [3.63, 3.8) is 0 Å². The van der Waals surface area contributed by atoms with Crippen LogP contribution in [0, 0.1) is 22.7 Å². The third-order valence-electron chi connectivity index (χ3n) is 5.03. The van der Waals surface area contributed by atoms with Gasteiger partial charge in [0.2, 0.25) is 0 Å². The number of aliphatic hydroxyl groups excluding tert-OH is 1. The van der Waals surface area contributed by atoms with Crippen LogP contribution in [0.5, 0.6) is 0 Å². The summed E-state index contributed by atoms with van der Waals surface area (Å²) in [6, 6.07) is 0. The Hall–Kier alpha value is -2.09. The van der Waals surface area contributed by atoms with Gasteiger partial charge in [-0.3, -0.25) is 19.2 Å². The van der Waals surface area contributed by atoms with Crippen molar-refractivity contribution in [2.45, 2.75) is 60.3 Å². The van der Waals surface area contributed by atoms with E-state index in [4.69, 9.17) is 4.79 Å². The SMILES string of the molecule is C=O.CCC(CC(C)(CC(CC(C)(C)C(=O)O)C(=O)CO)C(C)=O)C(=O)O. The zero-order valence-corrected chi connectivity index (χ0v) is 16.8. The van der Waals surface area contributed by atoms with Gasteiger partial charge in [-0.2, -0.15) is 0 Å². The summed E-state index contributed by atoms with van der Waals surface area (Å²) in [5.74, 6) is -4.44. The number of Topliss-reactive ketones (excluding diaryl/α,β-unsaturated/α-hetero) is 2. The van der Waals surface area contributed by atoms with Crippen LogP contribution < -0.4 is 0 Å². The maximum atomic E-state index is 12.2. The summed E-state index contributed by atoms with van der Waals surface area (Å²) in [5.41, 5.74) is -2.28. The minimum absolute atomic E-state index is 0.0161. The number of hydrogen-bond donors (Lipinski definition) is 3. The molecule has 3 N–H and O–H groups in total. The lowest BCUT2D eigenvalue weighted by Gasteiger charge is -2.34. The average Bonchev–Trinajstić information content (AvgIpc) is 2.59. The molecule has 0 aliphatic heterocycles. The molecule has 0 spiro atoms. The molecule has 0 saturated carbocycles. The van der Waals surface area contributed by atoms with Crippen molar-refractivity contribution in [2.24, 2.45) is 22.7 Å². The van der Waals surface area contributed by atoms with Crippen LogP contribution >= 0.6 is 0 Å². The van der Waals surface area contributed by atoms with Crippen LogP contribution in [0.4, 0.5) is 0 Å².